The van der Waals surface area contributed by atoms with Gasteiger partial charge in [-0.2, -0.15) is 5.10 Å². The molecule has 1 aromatic heterocycles. The highest BCUT2D eigenvalue weighted by Crippen LogP contribution is 2.15. The first-order valence-electron chi connectivity index (χ1n) is 5.32. The van der Waals surface area contributed by atoms with Gasteiger partial charge >= 0.3 is 0 Å². The van der Waals surface area contributed by atoms with Gasteiger partial charge < -0.3 is 0 Å². The fraction of sp³-hybridized carbons (Fsp3) is 0.0769. The first-order valence-corrected chi connectivity index (χ1v) is 5.32. The van der Waals surface area contributed by atoms with Crippen LogP contribution in [0.5, 0.6) is 0 Å². The largest absolute Gasteiger partial charge is 0.275 e. The third-order valence-electron chi connectivity index (χ3n) is 2.37. The van der Waals surface area contributed by atoms with Gasteiger partial charge in [0.15, 0.2) is 5.82 Å². The normalized spacial score (nSPS) is 11.4. The van der Waals surface area contributed by atoms with Gasteiger partial charge in [0.1, 0.15) is 5.82 Å². The summed E-state index contributed by atoms with van der Waals surface area (Å²) >= 11 is 0. The zero-order chi connectivity index (χ0) is 13.0. The van der Waals surface area contributed by atoms with Crippen molar-refractivity contribution in [1.82, 2.24) is 4.98 Å². The summed E-state index contributed by atoms with van der Waals surface area (Å²) in [5, 5.41) is 4.03. The molecule has 2 rings (SSSR count). The number of nitrogens with one attached hydrogen (secondary N) is 1. The number of halogens is 2. The third kappa shape index (κ3) is 2.88. The molecule has 0 radical (unpaired) electrons. The van der Waals surface area contributed by atoms with Crippen LogP contribution < -0.4 is 5.43 Å². The van der Waals surface area contributed by atoms with E-state index in [1.807, 2.05) is 0 Å². The number of hydrogen-bond donors (Lipinski definition) is 1. The van der Waals surface area contributed by atoms with E-state index >= 15 is 0 Å². The molecule has 0 aliphatic heterocycles. The quantitative estimate of drug-likeness (QED) is 0.668. The molecule has 1 N–H and O–H groups in total. The van der Waals surface area contributed by atoms with Crippen molar-refractivity contribution in [3.8, 4) is 0 Å². The number of anilines is 1. The Morgan fingerprint density at radius 3 is 2.56 bits per heavy atom. The van der Waals surface area contributed by atoms with E-state index in [0.29, 0.717) is 5.71 Å². The lowest BCUT2D eigenvalue weighted by Crippen LogP contribution is -2.01. The van der Waals surface area contributed by atoms with Crippen molar-refractivity contribution >= 4 is 11.4 Å². The lowest BCUT2D eigenvalue weighted by molar-refractivity contribution is 0.585. The highest BCUT2D eigenvalue weighted by Gasteiger charge is 2.02. The molecule has 2 aromatic rings. The fourth-order valence-electron chi connectivity index (χ4n) is 1.38. The van der Waals surface area contributed by atoms with Crippen LogP contribution in [0.4, 0.5) is 14.5 Å². The summed E-state index contributed by atoms with van der Waals surface area (Å²) in [7, 11) is 0. The van der Waals surface area contributed by atoms with Crippen molar-refractivity contribution < 1.29 is 8.78 Å². The standard InChI is InChI=1S/C13H11F2N3/c1-9(10-4-6-16-7-5-10)17-18-13-3-2-11(14)8-12(13)15/h2-8,18H,1H3/b17-9-. The Morgan fingerprint density at radius 2 is 1.89 bits per heavy atom. The van der Waals surface area contributed by atoms with Crippen molar-refractivity contribution in [3.63, 3.8) is 0 Å². The number of benzene rings is 1. The molecule has 0 saturated carbocycles. The van der Waals surface area contributed by atoms with Crippen LogP contribution in [-0.2, 0) is 0 Å². The van der Waals surface area contributed by atoms with Crippen LogP contribution in [0.15, 0.2) is 47.8 Å². The summed E-state index contributed by atoms with van der Waals surface area (Å²) in [5.74, 6) is -1.30. The number of hydrogen-bond acceptors (Lipinski definition) is 3. The van der Waals surface area contributed by atoms with E-state index in [2.05, 4.69) is 15.5 Å². The predicted octanol–water partition coefficient (Wildman–Crippen LogP) is 3.20. The van der Waals surface area contributed by atoms with Crippen LogP contribution in [0.1, 0.15) is 12.5 Å². The number of nitrogens with zero attached hydrogens (tertiary/aromatic N) is 2. The Hall–Kier alpha value is -2.30. The zero-order valence-electron chi connectivity index (χ0n) is 9.69. The smallest absolute Gasteiger partial charge is 0.151 e. The molecule has 0 bridgehead atoms. The van der Waals surface area contributed by atoms with Gasteiger partial charge in [0, 0.05) is 24.0 Å². The molecule has 3 nitrogen and oxygen atoms in total. The van der Waals surface area contributed by atoms with Gasteiger partial charge in [-0.05, 0) is 31.2 Å². The minimum absolute atomic E-state index is 0.129. The molecule has 18 heavy (non-hydrogen) atoms. The Morgan fingerprint density at radius 1 is 1.17 bits per heavy atom. The molecular weight excluding hydrogens is 236 g/mol. The van der Waals surface area contributed by atoms with Crippen LogP contribution in [0.2, 0.25) is 0 Å². The molecule has 0 unspecified atom stereocenters. The van der Waals surface area contributed by atoms with Gasteiger partial charge in [0.25, 0.3) is 0 Å². The summed E-state index contributed by atoms with van der Waals surface area (Å²) in [6, 6.07) is 6.86. The monoisotopic (exact) mass is 247 g/mol. The van der Waals surface area contributed by atoms with E-state index in [0.717, 1.165) is 11.6 Å². The maximum absolute atomic E-state index is 13.3. The molecule has 1 aromatic carbocycles. The van der Waals surface area contributed by atoms with E-state index in [9.17, 15) is 8.78 Å². The van der Waals surface area contributed by atoms with Gasteiger partial charge in [-0.15, -0.1) is 0 Å². The average Bonchev–Trinajstić information content (AvgIpc) is 2.38. The second-order valence-electron chi connectivity index (χ2n) is 3.67. The Bertz CT molecular complexity index is 568. The predicted molar refractivity (Wildman–Crippen MR) is 66.4 cm³/mol. The van der Waals surface area contributed by atoms with Gasteiger partial charge in [-0.25, -0.2) is 8.78 Å². The van der Waals surface area contributed by atoms with E-state index in [1.54, 1.807) is 31.5 Å². The first kappa shape index (κ1) is 12.2. The molecule has 0 aliphatic carbocycles. The topological polar surface area (TPSA) is 37.3 Å². The van der Waals surface area contributed by atoms with Crippen LogP contribution in [0.25, 0.3) is 0 Å². The molecule has 0 atom stereocenters. The summed E-state index contributed by atoms with van der Waals surface area (Å²) in [6.07, 6.45) is 3.29. The highest BCUT2D eigenvalue weighted by molar-refractivity contribution is 5.98. The number of rotatable bonds is 3. The third-order valence-corrected chi connectivity index (χ3v) is 2.37. The molecule has 1 heterocycles. The summed E-state index contributed by atoms with van der Waals surface area (Å²) in [5.41, 5.74) is 4.25. The van der Waals surface area contributed by atoms with Crippen molar-refractivity contribution in [2.75, 3.05) is 5.43 Å². The maximum atomic E-state index is 13.3. The molecule has 0 fully saturated rings. The molecule has 5 heteroatoms. The SMILES string of the molecule is C/C(=N/Nc1ccc(F)cc1F)c1ccncc1. The Labute approximate surface area is 103 Å². The molecular formula is C13H11F2N3. The van der Waals surface area contributed by atoms with Gasteiger partial charge in [0.2, 0.25) is 0 Å². The Balaban J connectivity index is 2.15. The fourth-order valence-corrected chi connectivity index (χ4v) is 1.38. The minimum atomic E-state index is -0.679. The molecule has 0 spiro atoms. The molecule has 0 amide bonds. The zero-order valence-corrected chi connectivity index (χ0v) is 9.69. The van der Waals surface area contributed by atoms with Crippen LogP contribution >= 0.6 is 0 Å². The van der Waals surface area contributed by atoms with Crippen LogP contribution in [-0.4, -0.2) is 10.7 Å². The second kappa shape index (κ2) is 5.35. The van der Waals surface area contributed by atoms with Crippen LogP contribution in [0.3, 0.4) is 0 Å². The minimum Gasteiger partial charge on any atom is -0.275 e. The van der Waals surface area contributed by atoms with Crippen molar-refractivity contribution in [3.05, 3.63) is 59.9 Å². The lowest BCUT2D eigenvalue weighted by Gasteiger charge is -2.04. The van der Waals surface area contributed by atoms with Crippen molar-refractivity contribution in [2.24, 2.45) is 5.10 Å². The van der Waals surface area contributed by atoms with E-state index in [-0.39, 0.29) is 5.69 Å². The van der Waals surface area contributed by atoms with Crippen LogP contribution in [0, 0.1) is 11.6 Å². The van der Waals surface area contributed by atoms with Gasteiger partial charge in [-0.1, -0.05) is 0 Å². The highest BCUT2D eigenvalue weighted by atomic mass is 19.1. The number of aromatic nitrogens is 1. The van der Waals surface area contributed by atoms with Crippen molar-refractivity contribution in [2.45, 2.75) is 6.92 Å². The van der Waals surface area contributed by atoms with Gasteiger partial charge in [-0.3, -0.25) is 10.4 Å². The summed E-state index contributed by atoms with van der Waals surface area (Å²) in [6.45, 7) is 1.78. The Kier molecular flexibility index (Phi) is 3.62. The number of pyridine rings is 1. The summed E-state index contributed by atoms with van der Waals surface area (Å²) in [4.78, 5) is 3.89. The number of hydrazone groups is 1. The maximum Gasteiger partial charge on any atom is 0.151 e. The average molecular weight is 247 g/mol. The summed E-state index contributed by atoms with van der Waals surface area (Å²) < 4.78 is 26.0. The van der Waals surface area contributed by atoms with E-state index in [1.165, 1.54) is 12.1 Å². The van der Waals surface area contributed by atoms with Crippen molar-refractivity contribution in [1.29, 1.82) is 0 Å². The molecule has 0 saturated heterocycles. The molecule has 0 aliphatic rings. The molecule has 92 valence electrons. The van der Waals surface area contributed by atoms with Gasteiger partial charge in [0.05, 0.1) is 11.4 Å². The van der Waals surface area contributed by atoms with E-state index in [4.69, 9.17) is 0 Å². The van der Waals surface area contributed by atoms with E-state index < -0.39 is 11.6 Å². The second-order valence-corrected chi connectivity index (χ2v) is 3.67. The first-order chi connectivity index (χ1) is 8.66. The lowest BCUT2D eigenvalue weighted by atomic mass is 10.2.